The fourth-order valence-electron chi connectivity index (χ4n) is 3.57. The zero-order chi connectivity index (χ0) is 23.5. The number of hydrogen-bond donors (Lipinski definition) is 2. The molecule has 1 fully saturated rings. The second-order valence-electron chi connectivity index (χ2n) is 7.69. The molecule has 0 spiro atoms. The second-order valence-corrected chi connectivity index (χ2v) is 8.61. The summed E-state index contributed by atoms with van der Waals surface area (Å²) in [6.45, 7) is 1.76. The molecule has 0 aromatic heterocycles. The van der Waals surface area contributed by atoms with E-state index in [1.54, 1.807) is 0 Å². The molecule has 5 nitrogen and oxygen atoms in total. The highest BCUT2D eigenvalue weighted by Gasteiger charge is 2.36. The molecule has 1 aliphatic heterocycles. The number of hydrogen-bond acceptors (Lipinski definition) is 3. The molecule has 32 heavy (non-hydrogen) atoms. The van der Waals surface area contributed by atoms with Crippen molar-refractivity contribution in [2.75, 3.05) is 13.1 Å². The first-order valence-electron chi connectivity index (χ1n) is 9.92. The van der Waals surface area contributed by atoms with Gasteiger partial charge in [-0.25, -0.2) is 0 Å². The van der Waals surface area contributed by atoms with Crippen LogP contribution in [0.3, 0.4) is 0 Å². The van der Waals surface area contributed by atoms with Crippen molar-refractivity contribution in [3.8, 4) is 0 Å². The fourth-order valence-corrected chi connectivity index (χ4v) is 3.84. The van der Waals surface area contributed by atoms with Crippen molar-refractivity contribution in [2.24, 2.45) is 0 Å². The van der Waals surface area contributed by atoms with Crippen LogP contribution in [0.15, 0.2) is 58.7 Å². The van der Waals surface area contributed by atoms with Crippen molar-refractivity contribution in [1.29, 1.82) is 0 Å². The van der Waals surface area contributed by atoms with Gasteiger partial charge in [-0.3, -0.25) is 9.59 Å². The van der Waals surface area contributed by atoms with Crippen molar-refractivity contribution < 1.29 is 27.9 Å². The molecule has 2 aromatic carbocycles. The van der Waals surface area contributed by atoms with Gasteiger partial charge >= 0.3 is 6.18 Å². The molecule has 1 heterocycles. The highest BCUT2D eigenvalue weighted by molar-refractivity contribution is 9.10. The first-order chi connectivity index (χ1) is 15.0. The minimum absolute atomic E-state index is 0.0358. The lowest BCUT2D eigenvalue weighted by Crippen LogP contribution is -2.47. The maximum absolute atomic E-state index is 13.0. The Balaban J connectivity index is 1.76. The Labute approximate surface area is 192 Å². The van der Waals surface area contributed by atoms with E-state index in [9.17, 15) is 27.9 Å². The van der Waals surface area contributed by atoms with Gasteiger partial charge in [0.05, 0.1) is 11.2 Å². The molecule has 0 atom stereocenters. The number of piperidine rings is 1. The molecular weight excluding hydrogens is 489 g/mol. The summed E-state index contributed by atoms with van der Waals surface area (Å²) in [6.07, 6.45) is -2.49. The molecular formula is C23H22BrF3N2O3. The average Bonchev–Trinajstić information content (AvgIpc) is 2.73. The second kappa shape index (κ2) is 9.46. The minimum Gasteiger partial charge on any atom is -0.385 e. The van der Waals surface area contributed by atoms with Crippen LogP contribution in [0.4, 0.5) is 13.2 Å². The summed E-state index contributed by atoms with van der Waals surface area (Å²) in [5.41, 5.74) is -0.798. The molecule has 170 valence electrons. The summed E-state index contributed by atoms with van der Waals surface area (Å²) >= 11 is 3.36. The number of benzene rings is 2. The Morgan fingerprint density at radius 2 is 1.62 bits per heavy atom. The maximum Gasteiger partial charge on any atom is 0.416 e. The van der Waals surface area contributed by atoms with Gasteiger partial charge in [-0.05, 0) is 54.3 Å². The number of nitrogens with one attached hydrogen (secondary N) is 1. The van der Waals surface area contributed by atoms with E-state index < -0.39 is 29.2 Å². The van der Waals surface area contributed by atoms with Gasteiger partial charge in [-0.15, -0.1) is 0 Å². The number of halogens is 4. The fraction of sp³-hybridized carbons (Fsp3) is 0.304. The zero-order valence-electron chi connectivity index (χ0n) is 17.2. The van der Waals surface area contributed by atoms with Crippen LogP contribution in [0.2, 0.25) is 0 Å². The Hall–Kier alpha value is -2.65. The van der Waals surface area contributed by atoms with Crippen molar-refractivity contribution in [3.05, 3.63) is 75.4 Å². The Kier molecular flexibility index (Phi) is 7.09. The SMILES string of the molecule is CC(=O)N/C(=C\c1ccc(C(F)(F)F)cc1)C(=O)N1CCC(O)(c2ccc(Br)cc2)CC1. The summed E-state index contributed by atoms with van der Waals surface area (Å²) < 4.78 is 39.2. The monoisotopic (exact) mass is 510 g/mol. The highest BCUT2D eigenvalue weighted by atomic mass is 79.9. The number of amides is 2. The highest BCUT2D eigenvalue weighted by Crippen LogP contribution is 2.34. The molecule has 0 bridgehead atoms. The van der Waals surface area contributed by atoms with Gasteiger partial charge in [-0.1, -0.05) is 40.2 Å². The van der Waals surface area contributed by atoms with Crippen LogP contribution in [-0.4, -0.2) is 34.9 Å². The quantitative estimate of drug-likeness (QED) is 0.596. The topological polar surface area (TPSA) is 69.6 Å². The van der Waals surface area contributed by atoms with E-state index >= 15 is 0 Å². The van der Waals surface area contributed by atoms with Crippen LogP contribution in [0.25, 0.3) is 6.08 Å². The van der Waals surface area contributed by atoms with E-state index in [0.717, 1.165) is 22.2 Å². The number of aliphatic hydroxyl groups is 1. The standard InChI is InChI=1S/C23H22BrF3N2O3/c1-15(30)28-20(14-16-2-4-18(5-3-16)23(25,26)27)21(31)29-12-10-22(32,11-13-29)17-6-8-19(24)9-7-17/h2-9,14,32H,10-13H2,1H3,(H,28,30)/b20-14-. The van der Waals surface area contributed by atoms with Crippen LogP contribution < -0.4 is 5.32 Å². The number of carbonyl (C=O) groups is 2. The van der Waals surface area contributed by atoms with Gasteiger partial charge in [0, 0.05) is 24.5 Å². The maximum atomic E-state index is 13.0. The third kappa shape index (κ3) is 5.77. The summed E-state index contributed by atoms with van der Waals surface area (Å²) in [5.74, 6) is -0.933. The third-order valence-corrected chi connectivity index (χ3v) is 5.88. The van der Waals surface area contributed by atoms with Crippen LogP contribution in [0.1, 0.15) is 36.5 Å². The van der Waals surface area contributed by atoms with Crippen molar-refractivity contribution in [3.63, 3.8) is 0 Å². The summed E-state index contributed by atoms with van der Waals surface area (Å²) in [5, 5.41) is 13.5. The van der Waals surface area contributed by atoms with Gasteiger partial charge in [0.1, 0.15) is 5.70 Å². The Morgan fingerprint density at radius 1 is 1.06 bits per heavy atom. The number of alkyl halides is 3. The summed E-state index contributed by atoms with van der Waals surface area (Å²) in [4.78, 5) is 26.2. The van der Waals surface area contributed by atoms with E-state index in [2.05, 4.69) is 21.2 Å². The lowest BCUT2D eigenvalue weighted by Gasteiger charge is -2.38. The minimum atomic E-state index is -4.46. The Bertz CT molecular complexity index is 1010. The third-order valence-electron chi connectivity index (χ3n) is 5.35. The largest absolute Gasteiger partial charge is 0.416 e. The van der Waals surface area contributed by atoms with Crippen molar-refractivity contribution in [2.45, 2.75) is 31.5 Å². The van der Waals surface area contributed by atoms with E-state index in [1.165, 1.54) is 30.0 Å². The van der Waals surface area contributed by atoms with Crippen molar-refractivity contribution in [1.82, 2.24) is 10.2 Å². The summed E-state index contributed by atoms with van der Waals surface area (Å²) in [7, 11) is 0. The molecule has 9 heteroatoms. The smallest absolute Gasteiger partial charge is 0.385 e. The van der Waals surface area contributed by atoms with Crippen molar-refractivity contribution >= 4 is 33.8 Å². The van der Waals surface area contributed by atoms with E-state index in [-0.39, 0.29) is 18.8 Å². The molecule has 2 amide bonds. The van der Waals surface area contributed by atoms with E-state index in [1.807, 2.05) is 24.3 Å². The molecule has 1 saturated heterocycles. The van der Waals surface area contributed by atoms with Gasteiger partial charge in [0.15, 0.2) is 0 Å². The van der Waals surface area contributed by atoms with Crippen LogP contribution in [0, 0.1) is 0 Å². The van der Waals surface area contributed by atoms with Crippen LogP contribution >= 0.6 is 15.9 Å². The molecule has 2 aromatic rings. The zero-order valence-corrected chi connectivity index (χ0v) is 18.8. The molecule has 2 N–H and O–H groups in total. The molecule has 0 aliphatic carbocycles. The molecule has 0 saturated carbocycles. The first-order valence-corrected chi connectivity index (χ1v) is 10.7. The number of carbonyl (C=O) groups excluding carboxylic acids is 2. The van der Waals surface area contributed by atoms with Crippen LogP contribution in [-0.2, 0) is 21.4 Å². The lowest BCUT2D eigenvalue weighted by molar-refractivity contribution is -0.137. The normalized spacial score (nSPS) is 16.6. The number of rotatable bonds is 4. The Morgan fingerprint density at radius 3 is 2.12 bits per heavy atom. The van der Waals surface area contributed by atoms with Gasteiger partial charge in [0.25, 0.3) is 5.91 Å². The van der Waals surface area contributed by atoms with E-state index in [4.69, 9.17) is 0 Å². The average molecular weight is 511 g/mol. The van der Waals surface area contributed by atoms with E-state index in [0.29, 0.717) is 18.4 Å². The molecule has 0 unspecified atom stereocenters. The molecule has 3 rings (SSSR count). The van der Waals surface area contributed by atoms with Crippen LogP contribution in [0.5, 0.6) is 0 Å². The molecule has 1 aliphatic rings. The van der Waals surface area contributed by atoms with Gasteiger partial charge < -0.3 is 15.3 Å². The predicted molar refractivity (Wildman–Crippen MR) is 117 cm³/mol. The lowest BCUT2D eigenvalue weighted by atomic mass is 9.84. The predicted octanol–water partition coefficient (Wildman–Crippen LogP) is 4.46. The number of likely N-dealkylation sites (tertiary alicyclic amines) is 1. The van der Waals surface area contributed by atoms with Gasteiger partial charge in [0.2, 0.25) is 5.91 Å². The first kappa shape index (κ1) is 24.0. The van der Waals surface area contributed by atoms with Gasteiger partial charge in [-0.2, -0.15) is 13.2 Å². The molecule has 0 radical (unpaired) electrons. The number of nitrogens with zero attached hydrogens (tertiary/aromatic N) is 1. The summed E-state index contributed by atoms with van der Waals surface area (Å²) in [6, 6.07) is 11.6.